The number of aromatic amines is 1. The fraction of sp³-hybridized carbons (Fsp3) is 0.500. The van der Waals surface area contributed by atoms with E-state index < -0.39 is 43.2 Å². The van der Waals surface area contributed by atoms with E-state index in [1.807, 2.05) is 0 Å². The Hall–Kier alpha value is -2.00. The molecule has 1 aromatic heterocycles. The molecule has 0 radical (unpaired) electrons. The van der Waals surface area contributed by atoms with Crippen molar-refractivity contribution in [2.75, 3.05) is 19.4 Å². The van der Waals surface area contributed by atoms with E-state index in [0.717, 1.165) is 0 Å². The Labute approximate surface area is 143 Å². The maximum Gasteiger partial charge on any atom is 0.340 e. The van der Waals surface area contributed by atoms with Gasteiger partial charge in [-0.2, -0.15) is 0 Å². The Bertz CT molecular complexity index is 828. The molecular weight excluding hydrogens is 353 g/mol. The van der Waals surface area contributed by atoms with Gasteiger partial charge in [0.2, 0.25) is 5.91 Å². The van der Waals surface area contributed by atoms with Gasteiger partial charge in [0.05, 0.1) is 13.2 Å². The zero-order valence-electron chi connectivity index (χ0n) is 13.8. The van der Waals surface area contributed by atoms with E-state index in [4.69, 9.17) is 19.5 Å². The highest BCUT2D eigenvalue weighted by Gasteiger charge is 2.30. The van der Waals surface area contributed by atoms with Gasteiger partial charge in [0.15, 0.2) is 6.23 Å². The van der Waals surface area contributed by atoms with Crippen LogP contribution in [0.5, 0.6) is 0 Å². The Morgan fingerprint density at radius 2 is 2.12 bits per heavy atom. The summed E-state index contributed by atoms with van der Waals surface area (Å²) in [6.07, 6.45) is 2.74. The molecule has 2 heterocycles. The monoisotopic (exact) mass is 373 g/mol. The lowest BCUT2D eigenvalue weighted by Gasteiger charge is -2.20. The first-order valence-electron chi connectivity index (χ1n) is 7.56. The number of hydrogen-bond donors (Lipinski definition) is 2. The van der Waals surface area contributed by atoms with Gasteiger partial charge in [-0.1, -0.05) is 6.08 Å². The van der Waals surface area contributed by atoms with Crippen LogP contribution in [-0.2, 0) is 23.1 Å². The van der Waals surface area contributed by atoms with Crippen LogP contribution in [0.4, 0.5) is 0 Å². The molecule has 0 saturated heterocycles. The van der Waals surface area contributed by atoms with Gasteiger partial charge in [0, 0.05) is 11.8 Å². The zero-order chi connectivity index (χ0) is 18.6. The molecule has 3 atom stereocenters. The molecule has 1 aliphatic heterocycles. The minimum atomic E-state index is -3.65. The number of ether oxygens (including phenoxy) is 1. The quantitative estimate of drug-likeness (QED) is 0.483. The molecule has 138 valence electrons. The van der Waals surface area contributed by atoms with Crippen LogP contribution in [0, 0.1) is 6.92 Å². The van der Waals surface area contributed by atoms with Crippen LogP contribution in [0.1, 0.15) is 18.7 Å². The van der Waals surface area contributed by atoms with E-state index in [2.05, 4.69) is 4.98 Å². The van der Waals surface area contributed by atoms with Crippen LogP contribution < -0.4 is 17.0 Å². The number of primary amides is 1. The van der Waals surface area contributed by atoms with Crippen molar-refractivity contribution in [1.82, 2.24) is 9.55 Å². The lowest BCUT2D eigenvalue weighted by atomic mass is 10.3. The topological polar surface area (TPSA) is 143 Å². The highest BCUT2D eigenvalue weighted by molar-refractivity contribution is 7.54. The Balaban J connectivity index is 2.02. The van der Waals surface area contributed by atoms with Crippen LogP contribution in [0.25, 0.3) is 0 Å². The fourth-order valence-electron chi connectivity index (χ4n) is 2.22. The van der Waals surface area contributed by atoms with Crippen LogP contribution in [0.2, 0.25) is 0 Å². The second kappa shape index (κ2) is 7.92. The fourth-order valence-corrected chi connectivity index (χ4v) is 3.63. The number of rotatable bonds is 8. The van der Waals surface area contributed by atoms with Crippen LogP contribution in [0.15, 0.2) is 27.9 Å². The highest BCUT2D eigenvalue weighted by atomic mass is 31.2. The van der Waals surface area contributed by atoms with Gasteiger partial charge in [0.1, 0.15) is 12.3 Å². The number of aryl methyl sites for hydroxylation is 1. The molecule has 1 aliphatic rings. The minimum absolute atomic E-state index is 0.0978. The van der Waals surface area contributed by atoms with Crippen molar-refractivity contribution in [1.29, 1.82) is 0 Å². The zero-order valence-corrected chi connectivity index (χ0v) is 14.7. The summed E-state index contributed by atoms with van der Waals surface area (Å²) in [5, 5.41) is 0. The van der Waals surface area contributed by atoms with Gasteiger partial charge in [-0.15, -0.1) is 0 Å². The van der Waals surface area contributed by atoms with Crippen molar-refractivity contribution >= 4 is 13.5 Å². The first kappa shape index (κ1) is 19.3. The number of carbonyl (C=O) groups excluding carboxylic acids is 1. The molecule has 25 heavy (non-hydrogen) atoms. The number of carbonyl (C=O) groups is 1. The number of nitrogens with one attached hydrogen (secondary N) is 1. The van der Waals surface area contributed by atoms with E-state index in [-0.39, 0.29) is 13.2 Å². The molecule has 11 heteroatoms. The number of amides is 1. The van der Waals surface area contributed by atoms with Gasteiger partial charge in [0.25, 0.3) is 5.56 Å². The number of nitrogens with zero attached hydrogens (tertiary/aromatic N) is 1. The second-order valence-corrected chi connectivity index (χ2v) is 7.43. The lowest BCUT2D eigenvalue weighted by molar-refractivity contribution is -0.116. The molecule has 1 aromatic rings. The molecule has 0 bridgehead atoms. The van der Waals surface area contributed by atoms with Gasteiger partial charge in [-0.05, 0) is 19.9 Å². The van der Waals surface area contributed by atoms with Crippen molar-refractivity contribution in [3.63, 3.8) is 0 Å². The summed E-state index contributed by atoms with van der Waals surface area (Å²) in [6.45, 7) is 3.13. The second-order valence-electron chi connectivity index (χ2n) is 5.38. The molecular formula is C14H20N3O7P. The molecule has 3 N–H and O–H groups in total. The SMILES string of the molecule is CCOP(=O)(CC(N)=O)OC[C@@H]1C=C[C@H](n2cc(C)c(=O)[nH]c2=O)O1. The van der Waals surface area contributed by atoms with Crippen molar-refractivity contribution in [3.05, 3.63) is 44.8 Å². The molecule has 0 fully saturated rings. The molecule has 1 unspecified atom stereocenters. The largest absolute Gasteiger partial charge is 0.369 e. The third kappa shape index (κ3) is 4.99. The van der Waals surface area contributed by atoms with E-state index >= 15 is 0 Å². The van der Waals surface area contributed by atoms with E-state index in [1.165, 1.54) is 10.8 Å². The first-order chi connectivity index (χ1) is 11.7. The van der Waals surface area contributed by atoms with Crippen LogP contribution >= 0.6 is 7.60 Å². The third-order valence-corrected chi connectivity index (χ3v) is 5.23. The van der Waals surface area contributed by atoms with Crippen molar-refractivity contribution in [2.45, 2.75) is 26.2 Å². The van der Waals surface area contributed by atoms with E-state index in [1.54, 1.807) is 26.0 Å². The average molecular weight is 373 g/mol. The standard InChI is InChI=1S/C14H20N3O7P/c1-3-22-25(21,8-11(15)18)23-7-10-4-5-12(24-10)17-6-9(2)13(19)16-14(17)20/h4-6,10,12H,3,7-8H2,1-2H3,(H2,15,18)(H,16,19,20)/t10-,12+,25?/m0/s1. The number of H-pyrrole nitrogens is 1. The molecule has 1 amide bonds. The van der Waals surface area contributed by atoms with E-state index in [0.29, 0.717) is 5.56 Å². The molecule has 0 saturated carbocycles. The summed E-state index contributed by atoms with van der Waals surface area (Å²) in [5.74, 6) is -0.798. The van der Waals surface area contributed by atoms with Gasteiger partial charge in [-0.25, -0.2) is 4.79 Å². The Morgan fingerprint density at radius 3 is 2.76 bits per heavy atom. The predicted octanol–water partition coefficient (Wildman–Crippen LogP) is 0.0301. The van der Waals surface area contributed by atoms with Crippen molar-refractivity contribution < 1.29 is 23.1 Å². The van der Waals surface area contributed by atoms with E-state index in [9.17, 15) is 18.9 Å². The molecule has 0 aliphatic carbocycles. The van der Waals surface area contributed by atoms with Crippen LogP contribution in [-0.4, -0.2) is 40.9 Å². The van der Waals surface area contributed by atoms with Gasteiger partial charge in [-0.3, -0.25) is 23.7 Å². The average Bonchev–Trinajstić information content (AvgIpc) is 2.97. The third-order valence-electron chi connectivity index (χ3n) is 3.34. The summed E-state index contributed by atoms with van der Waals surface area (Å²) in [7, 11) is -3.65. The summed E-state index contributed by atoms with van der Waals surface area (Å²) < 4.78 is 29.4. The summed E-state index contributed by atoms with van der Waals surface area (Å²) in [6, 6.07) is 0. The highest BCUT2D eigenvalue weighted by Crippen LogP contribution is 2.48. The smallest absolute Gasteiger partial charge is 0.340 e. The molecule has 0 spiro atoms. The Kier molecular flexibility index (Phi) is 6.12. The Morgan fingerprint density at radius 1 is 1.40 bits per heavy atom. The van der Waals surface area contributed by atoms with Gasteiger partial charge < -0.3 is 19.5 Å². The molecule has 10 nitrogen and oxygen atoms in total. The summed E-state index contributed by atoms with van der Waals surface area (Å²) in [5.41, 5.74) is 4.33. The van der Waals surface area contributed by atoms with Crippen molar-refractivity contribution in [3.8, 4) is 0 Å². The predicted molar refractivity (Wildman–Crippen MR) is 88.4 cm³/mol. The number of hydrogen-bond acceptors (Lipinski definition) is 7. The lowest BCUT2D eigenvalue weighted by Crippen LogP contribution is -2.33. The van der Waals surface area contributed by atoms with Crippen LogP contribution in [0.3, 0.4) is 0 Å². The minimum Gasteiger partial charge on any atom is -0.369 e. The van der Waals surface area contributed by atoms with Gasteiger partial charge >= 0.3 is 13.3 Å². The number of nitrogens with two attached hydrogens (primary N) is 1. The summed E-state index contributed by atoms with van der Waals surface area (Å²) >= 11 is 0. The first-order valence-corrected chi connectivity index (χ1v) is 9.29. The molecule has 0 aromatic carbocycles. The molecule has 2 rings (SSSR count). The maximum absolute atomic E-state index is 12.3. The maximum atomic E-state index is 12.3. The van der Waals surface area contributed by atoms with Crippen molar-refractivity contribution in [2.24, 2.45) is 5.73 Å². The summed E-state index contributed by atoms with van der Waals surface area (Å²) in [4.78, 5) is 36.4. The normalized spacial score (nSPS) is 22.0. The number of aromatic nitrogens is 2.